The van der Waals surface area contributed by atoms with Crippen molar-refractivity contribution in [2.45, 2.75) is 13.3 Å². The third kappa shape index (κ3) is 1.32. The lowest BCUT2D eigenvalue weighted by molar-refractivity contribution is 1.03. The summed E-state index contributed by atoms with van der Waals surface area (Å²) in [5.74, 6) is 0. The van der Waals surface area contributed by atoms with E-state index in [-0.39, 0.29) is 0 Å². The third-order valence-electron chi connectivity index (χ3n) is 1.31. The predicted octanol–water partition coefficient (Wildman–Crippen LogP) is 1.52. The molecule has 1 aromatic rings. The summed E-state index contributed by atoms with van der Waals surface area (Å²) in [6.45, 7) is 2.02. The van der Waals surface area contributed by atoms with E-state index in [1.807, 2.05) is 6.92 Å². The number of aromatic nitrogens is 1. The van der Waals surface area contributed by atoms with Gasteiger partial charge in [-0.1, -0.05) is 6.92 Å². The molecular formula is C8H8N2. The van der Waals surface area contributed by atoms with Gasteiger partial charge in [0.15, 0.2) is 0 Å². The molecule has 0 saturated heterocycles. The van der Waals surface area contributed by atoms with Crippen LogP contribution in [0.4, 0.5) is 0 Å². The standard InChI is InChI=1S/C8H8N2/c1-2-8-5-7(6-9)3-4-10-8/h3-5H,2H2,1H3/i6+2. The molecule has 0 spiro atoms. The van der Waals surface area contributed by atoms with Crippen molar-refractivity contribution in [2.75, 3.05) is 0 Å². The smallest absolute Gasteiger partial charge is 0.0992 e. The van der Waals surface area contributed by atoms with Crippen LogP contribution in [0.5, 0.6) is 0 Å². The summed E-state index contributed by atoms with van der Waals surface area (Å²) in [5.41, 5.74) is 1.66. The lowest BCUT2D eigenvalue weighted by atomic mass is 10.3. The molecular weight excluding hydrogens is 126 g/mol. The van der Waals surface area contributed by atoms with Crippen molar-refractivity contribution in [2.24, 2.45) is 0 Å². The predicted molar refractivity (Wildman–Crippen MR) is 38.3 cm³/mol. The molecule has 1 aromatic heterocycles. The summed E-state index contributed by atoms with van der Waals surface area (Å²) in [4.78, 5) is 4.05. The number of hydrogen-bond donors (Lipinski definition) is 0. The number of nitriles is 1. The minimum atomic E-state index is 0.687. The Morgan fingerprint density at radius 1 is 1.70 bits per heavy atom. The van der Waals surface area contributed by atoms with Gasteiger partial charge < -0.3 is 0 Å². The first-order valence-electron chi connectivity index (χ1n) is 3.22. The lowest BCUT2D eigenvalue weighted by Crippen LogP contribution is -1.85. The number of aryl methyl sites for hydroxylation is 1. The average molecular weight is 134 g/mol. The van der Waals surface area contributed by atoms with E-state index in [2.05, 4.69) is 11.1 Å². The zero-order valence-corrected chi connectivity index (χ0v) is 5.83. The average Bonchev–Trinajstić information content (AvgIpc) is 2.05. The van der Waals surface area contributed by atoms with Crippen molar-refractivity contribution in [1.29, 1.82) is 5.26 Å². The molecule has 2 heteroatoms. The molecule has 0 aromatic carbocycles. The topological polar surface area (TPSA) is 36.7 Å². The molecule has 0 radical (unpaired) electrons. The van der Waals surface area contributed by atoms with E-state index < -0.39 is 0 Å². The van der Waals surface area contributed by atoms with E-state index in [1.165, 1.54) is 0 Å². The second-order valence-corrected chi connectivity index (χ2v) is 2.00. The molecule has 0 aliphatic carbocycles. The highest BCUT2D eigenvalue weighted by Gasteiger charge is 1.91. The van der Waals surface area contributed by atoms with Crippen LogP contribution in [0.3, 0.4) is 0 Å². The van der Waals surface area contributed by atoms with Gasteiger partial charge in [-0.2, -0.15) is 5.26 Å². The van der Waals surface area contributed by atoms with E-state index in [4.69, 9.17) is 5.26 Å². The van der Waals surface area contributed by atoms with Crippen molar-refractivity contribution in [3.63, 3.8) is 0 Å². The first-order valence-corrected chi connectivity index (χ1v) is 3.22. The molecule has 0 unspecified atom stereocenters. The molecule has 2 nitrogen and oxygen atoms in total. The highest BCUT2D eigenvalue weighted by molar-refractivity contribution is 5.28. The van der Waals surface area contributed by atoms with E-state index in [9.17, 15) is 0 Å². The van der Waals surface area contributed by atoms with Crippen molar-refractivity contribution < 1.29 is 0 Å². The molecule has 0 atom stereocenters. The first kappa shape index (κ1) is 6.76. The minimum absolute atomic E-state index is 0.687. The molecule has 0 aliphatic rings. The van der Waals surface area contributed by atoms with Crippen molar-refractivity contribution in [3.8, 4) is 6.07 Å². The Kier molecular flexibility index (Phi) is 2.01. The van der Waals surface area contributed by atoms with Crippen molar-refractivity contribution >= 4 is 0 Å². The zero-order valence-electron chi connectivity index (χ0n) is 5.83. The van der Waals surface area contributed by atoms with Gasteiger partial charge in [0, 0.05) is 11.9 Å². The summed E-state index contributed by atoms with van der Waals surface area (Å²) < 4.78 is 0. The third-order valence-corrected chi connectivity index (χ3v) is 1.31. The van der Waals surface area contributed by atoms with Crippen LogP contribution in [-0.4, -0.2) is 4.98 Å². The summed E-state index contributed by atoms with van der Waals surface area (Å²) in [6.07, 6.45) is 2.55. The largest absolute Gasteiger partial charge is 0.261 e. The van der Waals surface area contributed by atoms with Crippen molar-refractivity contribution in [3.05, 3.63) is 29.6 Å². The Bertz CT molecular complexity index is 260. The van der Waals surface area contributed by atoms with Crippen LogP contribution >= 0.6 is 0 Å². The molecule has 0 fully saturated rings. The maximum Gasteiger partial charge on any atom is 0.0992 e. The van der Waals surface area contributed by atoms with Crippen LogP contribution in [0, 0.1) is 11.3 Å². The molecule has 1 rings (SSSR count). The first-order chi connectivity index (χ1) is 4.86. The van der Waals surface area contributed by atoms with Gasteiger partial charge >= 0.3 is 0 Å². The molecule has 1 heterocycles. The van der Waals surface area contributed by atoms with Gasteiger partial charge in [0.1, 0.15) is 0 Å². The summed E-state index contributed by atoms with van der Waals surface area (Å²) in [7, 11) is 0. The lowest BCUT2D eigenvalue weighted by Gasteiger charge is -1.92. The summed E-state index contributed by atoms with van der Waals surface area (Å²) in [6, 6.07) is 5.57. The normalized spacial score (nSPS) is 8.80. The second kappa shape index (κ2) is 2.98. The van der Waals surface area contributed by atoms with E-state index >= 15 is 0 Å². The fourth-order valence-corrected chi connectivity index (χ4v) is 0.741. The number of rotatable bonds is 1. The maximum atomic E-state index is 8.48. The van der Waals surface area contributed by atoms with Crippen LogP contribution < -0.4 is 0 Å². The van der Waals surface area contributed by atoms with Gasteiger partial charge in [-0.05, 0) is 18.6 Å². The highest BCUT2D eigenvalue weighted by Crippen LogP contribution is 1.99. The molecule has 50 valence electrons. The van der Waals surface area contributed by atoms with Crippen LogP contribution in [0.2, 0.25) is 0 Å². The number of hydrogen-bond acceptors (Lipinski definition) is 2. The Morgan fingerprint density at radius 3 is 3.10 bits per heavy atom. The van der Waals surface area contributed by atoms with Gasteiger partial charge in [-0.15, -0.1) is 0 Å². The van der Waals surface area contributed by atoms with Crippen LogP contribution in [0.1, 0.15) is 18.2 Å². The van der Waals surface area contributed by atoms with E-state index in [0.29, 0.717) is 5.56 Å². The highest BCUT2D eigenvalue weighted by atomic mass is 14.9. The molecule has 0 amide bonds. The quantitative estimate of drug-likeness (QED) is 0.583. The fraction of sp³-hybridized carbons (Fsp3) is 0.250. The van der Waals surface area contributed by atoms with Crippen LogP contribution in [0.15, 0.2) is 18.3 Å². The van der Waals surface area contributed by atoms with E-state index in [1.54, 1.807) is 18.3 Å². The SMILES string of the molecule is CCc1cc([14C]#N)ccn1. The van der Waals surface area contributed by atoms with Gasteiger partial charge in [0.05, 0.1) is 11.6 Å². The molecule has 0 aliphatic heterocycles. The number of pyridine rings is 1. The zero-order chi connectivity index (χ0) is 7.40. The Morgan fingerprint density at radius 2 is 2.50 bits per heavy atom. The minimum Gasteiger partial charge on any atom is -0.261 e. The molecule has 0 N–H and O–H groups in total. The fourth-order valence-electron chi connectivity index (χ4n) is 0.741. The maximum absolute atomic E-state index is 8.48. The van der Waals surface area contributed by atoms with Gasteiger partial charge in [0.2, 0.25) is 0 Å². The molecule has 0 saturated carbocycles. The molecule has 10 heavy (non-hydrogen) atoms. The van der Waals surface area contributed by atoms with Crippen LogP contribution in [-0.2, 0) is 6.42 Å². The van der Waals surface area contributed by atoms with Crippen LogP contribution in [0.25, 0.3) is 0 Å². The van der Waals surface area contributed by atoms with E-state index in [0.717, 1.165) is 12.1 Å². The van der Waals surface area contributed by atoms with Gasteiger partial charge in [-0.3, -0.25) is 4.98 Å². The Hall–Kier alpha value is -1.36. The van der Waals surface area contributed by atoms with Gasteiger partial charge in [0.25, 0.3) is 0 Å². The van der Waals surface area contributed by atoms with Gasteiger partial charge in [-0.25, -0.2) is 0 Å². The monoisotopic (exact) mass is 134 g/mol. The summed E-state index contributed by atoms with van der Waals surface area (Å²) in [5, 5.41) is 8.48. The van der Waals surface area contributed by atoms with Crippen molar-refractivity contribution in [1.82, 2.24) is 4.98 Å². The summed E-state index contributed by atoms with van der Waals surface area (Å²) >= 11 is 0. The Balaban J connectivity index is 3.01. The number of nitrogens with zero attached hydrogens (tertiary/aromatic N) is 2. The molecule has 0 bridgehead atoms. The Labute approximate surface area is 60.1 Å². The second-order valence-electron chi connectivity index (χ2n) is 2.00.